The lowest BCUT2D eigenvalue weighted by molar-refractivity contribution is 0.485. The fraction of sp³-hybridized carbons (Fsp3) is 0.500. The zero-order chi connectivity index (χ0) is 14.4. The Kier molecular flexibility index (Phi) is 5.95. The molecule has 0 aliphatic rings. The maximum absolute atomic E-state index is 13.2. The summed E-state index contributed by atoms with van der Waals surface area (Å²) in [5.74, 6) is 5.50. The van der Waals surface area contributed by atoms with Gasteiger partial charge in [-0.1, -0.05) is 45.1 Å². The first kappa shape index (κ1) is 15.4. The van der Waals surface area contributed by atoms with Crippen LogP contribution in [0.3, 0.4) is 0 Å². The lowest BCUT2D eigenvalue weighted by atomic mass is 10.1. The molecule has 0 aliphatic heterocycles. The molecule has 0 saturated carbocycles. The van der Waals surface area contributed by atoms with Gasteiger partial charge in [-0.3, -0.25) is 11.3 Å². The molecule has 0 fully saturated rings. The molecule has 0 bridgehead atoms. The van der Waals surface area contributed by atoms with Gasteiger partial charge >= 0.3 is 0 Å². The Balaban J connectivity index is 1.98. The largest absolute Gasteiger partial charge is 0.271 e. The molecule has 20 heavy (non-hydrogen) atoms. The monoisotopic (exact) mass is 294 g/mol. The van der Waals surface area contributed by atoms with Crippen LogP contribution in [-0.4, -0.2) is 0 Å². The van der Waals surface area contributed by atoms with Crippen molar-refractivity contribution in [2.45, 2.75) is 51.5 Å². The molecule has 0 spiro atoms. The molecule has 4 heteroatoms. The van der Waals surface area contributed by atoms with Gasteiger partial charge in [-0.25, -0.2) is 4.39 Å². The topological polar surface area (TPSA) is 38.0 Å². The minimum Gasteiger partial charge on any atom is -0.271 e. The SMILES string of the molecule is CCCCCCCC(NN)c1cc2ccc(F)cc2s1. The summed E-state index contributed by atoms with van der Waals surface area (Å²) in [6, 6.07) is 7.24. The summed E-state index contributed by atoms with van der Waals surface area (Å²) in [4.78, 5) is 1.20. The standard InChI is InChI=1S/C16H23FN2S/c1-2-3-4-5-6-7-14(19-18)16-10-12-8-9-13(17)11-15(12)20-16/h8-11,14,19H,2-7,18H2,1H3. The van der Waals surface area contributed by atoms with Crippen LogP contribution in [0.5, 0.6) is 0 Å². The van der Waals surface area contributed by atoms with Crippen LogP contribution in [0.4, 0.5) is 4.39 Å². The number of hydrazine groups is 1. The van der Waals surface area contributed by atoms with Crippen molar-refractivity contribution in [3.63, 3.8) is 0 Å². The van der Waals surface area contributed by atoms with Crippen LogP contribution >= 0.6 is 11.3 Å². The van der Waals surface area contributed by atoms with Crippen molar-refractivity contribution in [3.05, 3.63) is 35.0 Å². The van der Waals surface area contributed by atoms with Crippen molar-refractivity contribution in [1.82, 2.24) is 5.43 Å². The zero-order valence-corrected chi connectivity index (χ0v) is 12.8. The first-order valence-corrected chi connectivity index (χ1v) is 8.21. The molecule has 1 unspecified atom stereocenters. The van der Waals surface area contributed by atoms with E-state index in [9.17, 15) is 4.39 Å². The van der Waals surface area contributed by atoms with Crippen LogP contribution in [0.1, 0.15) is 56.4 Å². The molecule has 110 valence electrons. The fourth-order valence-corrected chi connectivity index (χ4v) is 3.64. The first-order chi connectivity index (χ1) is 9.74. The second-order valence-electron chi connectivity index (χ2n) is 5.25. The van der Waals surface area contributed by atoms with Crippen LogP contribution in [0.25, 0.3) is 10.1 Å². The number of nitrogens with two attached hydrogens (primary N) is 1. The molecule has 2 aromatic rings. The second kappa shape index (κ2) is 7.72. The van der Waals surface area contributed by atoms with E-state index in [1.165, 1.54) is 43.0 Å². The molecule has 1 heterocycles. The predicted octanol–water partition coefficient (Wildman–Crippen LogP) is 4.91. The van der Waals surface area contributed by atoms with Crippen LogP contribution in [0.2, 0.25) is 0 Å². The van der Waals surface area contributed by atoms with Crippen molar-refractivity contribution in [3.8, 4) is 0 Å². The van der Waals surface area contributed by atoms with Gasteiger partial charge in [0.05, 0.1) is 6.04 Å². The van der Waals surface area contributed by atoms with Crippen molar-refractivity contribution in [1.29, 1.82) is 0 Å². The van der Waals surface area contributed by atoms with E-state index in [-0.39, 0.29) is 11.9 Å². The van der Waals surface area contributed by atoms with Crippen molar-refractivity contribution >= 4 is 21.4 Å². The highest BCUT2D eigenvalue weighted by molar-refractivity contribution is 7.19. The molecule has 1 aromatic carbocycles. The van der Waals surface area contributed by atoms with Gasteiger partial charge in [0.1, 0.15) is 5.82 Å². The highest BCUT2D eigenvalue weighted by Crippen LogP contribution is 2.32. The van der Waals surface area contributed by atoms with E-state index < -0.39 is 0 Å². The van der Waals surface area contributed by atoms with Gasteiger partial charge in [0, 0.05) is 9.58 Å². The number of nitrogens with one attached hydrogen (secondary N) is 1. The summed E-state index contributed by atoms with van der Waals surface area (Å²) in [6.45, 7) is 2.22. The number of halogens is 1. The van der Waals surface area contributed by atoms with E-state index in [0.29, 0.717) is 0 Å². The van der Waals surface area contributed by atoms with Crippen molar-refractivity contribution in [2.75, 3.05) is 0 Å². The van der Waals surface area contributed by atoms with Crippen LogP contribution < -0.4 is 11.3 Å². The number of benzene rings is 1. The third kappa shape index (κ3) is 4.01. The third-order valence-corrected chi connectivity index (χ3v) is 4.85. The molecule has 2 rings (SSSR count). The third-order valence-electron chi connectivity index (χ3n) is 3.64. The Hall–Kier alpha value is -0.970. The zero-order valence-electron chi connectivity index (χ0n) is 12.0. The number of hydrogen-bond donors (Lipinski definition) is 2. The lowest BCUT2D eigenvalue weighted by Gasteiger charge is -2.13. The van der Waals surface area contributed by atoms with E-state index in [0.717, 1.165) is 16.5 Å². The lowest BCUT2D eigenvalue weighted by Crippen LogP contribution is -2.27. The first-order valence-electron chi connectivity index (χ1n) is 7.39. The predicted molar refractivity (Wildman–Crippen MR) is 85.2 cm³/mol. The maximum atomic E-state index is 13.2. The Morgan fingerprint density at radius 1 is 1.20 bits per heavy atom. The molecule has 0 amide bonds. The van der Waals surface area contributed by atoms with E-state index in [1.54, 1.807) is 17.4 Å². The van der Waals surface area contributed by atoms with E-state index in [4.69, 9.17) is 5.84 Å². The van der Waals surface area contributed by atoms with Gasteiger partial charge in [-0.15, -0.1) is 11.3 Å². The van der Waals surface area contributed by atoms with Gasteiger partial charge in [0.25, 0.3) is 0 Å². The minimum absolute atomic E-state index is 0.178. The van der Waals surface area contributed by atoms with Gasteiger partial charge in [0.2, 0.25) is 0 Å². The fourth-order valence-electron chi connectivity index (χ4n) is 2.46. The molecular weight excluding hydrogens is 271 g/mol. The average molecular weight is 294 g/mol. The molecule has 0 radical (unpaired) electrons. The summed E-state index contributed by atoms with van der Waals surface area (Å²) in [7, 11) is 0. The molecular formula is C16H23FN2S. The normalized spacial score (nSPS) is 12.9. The summed E-state index contributed by atoms with van der Waals surface area (Å²) >= 11 is 1.63. The highest BCUT2D eigenvalue weighted by atomic mass is 32.1. The van der Waals surface area contributed by atoms with E-state index in [2.05, 4.69) is 18.4 Å². The summed E-state index contributed by atoms with van der Waals surface area (Å²) in [6.07, 6.45) is 7.34. The van der Waals surface area contributed by atoms with E-state index >= 15 is 0 Å². The molecule has 1 aromatic heterocycles. The second-order valence-corrected chi connectivity index (χ2v) is 6.37. The smallest absolute Gasteiger partial charge is 0.124 e. The Bertz CT molecular complexity index is 538. The van der Waals surface area contributed by atoms with Crippen molar-refractivity contribution in [2.24, 2.45) is 5.84 Å². The van der Waals surface area contributed by atoms with Crippen LogP contribution in [0, 0.1) is 5.82 Å². The van der Waals surface area contributed by atoms with Gasteiger partial charge in [-0.05, 0) is 30.0 Å². The average Bonchev–Trinajstić information content (AvgIpc) is 2.85. The number of unbranched alkanes of at least 4 members (excludes halogenated alkanes) is 4. The van der Waals surface area contributed by atoms with Gasteiger partial charge in [-0.2, -0.15) is 0 Å². The molecule has 0 saturated heterocycles. The molecule has 2 nitrogen and oxygen atoms in total. The molecule has 3 N–H and O–H groups in total. The van der Waals surface area contributed by atoms with Gasteiger partial charge < -0.3 is 0 Å². The Labute approximate surface area is 124 Å². The summed E-state index contributed by atoms with van der Waals surface area (Å²) in [5.41, 5.74) is 2.90. The number of rotatable bonds is 8. The minimum atomic E-state index is -0.178. The number of fused-ring (bicyclic) bond motifs is 1. The summed E-state index contributed by atoms with van der Waals surface area (Å²) in [5, 5.41) is 1.10. The molecule has 0 aliphatic carbocycles. The number of hydrogen-bond acceptors (Lipinski definition) is 3. The van der Waals surface area contributed by atoms with Crippen LogP contribution in [0.15, 0.2) is 24.3 Å². The highest BCUT2D eigenvalue weighted by Gasteiger charge is 2.13. The number of thiophene rings is 1. The van der Waals surface area contributed by atoms with Crippen molar-refractivity contribution < 1.29 is 4.39 Å². The van der Waals surface area contributed by atoms with Gasteiger partial charge in [0.15, 0.2) is 0 Å². The maximum Gasteiger partial charge on any atom is 0.124 e. The Morgan fingerprint density at radius 3 is 2.75 bits per heavy atom. The quantitative estimate of drug-likeness (QED) is 0.412. The van der Waals surface area contributed by atoms with E-state index in [1.807, 2.05) is 6.07 Å². The van der Waals surface area contributed by atoms with Crippen LogP contribution in [-0.2, 0) is 0 Å². The summed E-state index contributed by atoms with van der Waals surface area (Å²) < 4.78 is 14.2. The Morgan fingerprint density at radius 2 is 2.00 bits per heavy atom. The molecule has 1 atom stereocenters.